The monoisotopic (exact) mass is 298 g/mol. The number of hydrogen-bond acceptors (Lipinski definition) is 3. The predicted octanol–water partition coefficient (Wildman–Crippen LogP) is 3.11. The van der Waals surface area contributed by atoms with Gasteiger partial charge in [0, 0.05) is 0 Å². The van der Waals surface area contributed by atoms with Crippen LogP contribution in [-0.4, -0.2) is 33.1 Å². The minimum absolute atomic E-state index is 0.108. The summed E-state index contributed by atoms with van der Waals surface area (Å²) in [5.41, 5.74) is -0.736. The topological polar surface area (TPSA) is 60.7 Å². The van der Waals surface area contributed by atoms with Gasteiger partial charge in [-0.1, -0.05) is 20.3 Å². The Bertz CT molecular complexity index is 349. The fourth-order valence-corrected chi connectivity index (χ4v) is 5.10. The Hall–Kier alpha value is -0.120. The van der Waals surface area contributed by atoms with E-state index in [9.17, 15) is 15.3 Å². The largest absolute Gasteiger partial charge is 0.393 e. The van der Waals surface area contributed by atoms with Crippen LogP contribution in [0.15, 0.2) is 0 Å². The second-order valence-corrected chi connectivity index (χ2v) is 8.48. The summed E-state index contributed by atoms with van der Waals surface area (Å²) in [7, 11) is 0. The van der Waals surface area contributed by atoms with E-state index in [0.717, 1.165) is 25.7 Å². The number of fused-ring (bicyclic) bond motifs is 1. The van der Waals surface area contributed by atoms with Gasteiger partial charge in [-0.2, -0.15) is 0 Å². The smallest absolute Gasteiger partial charge is 0.0849 e. The highest BCUT2D eigenvalue weighted by molar-refractivity contribution is 5.01. The van der Waals surface area contributed by atoms with E-state index in [1.54, 1.807) is 13.8 Å². The molecule has 0 aromatic rings. The van der Waals surface area contributed by atoms with E-state index in [4.69, 9.17) is 0 Å². The second kappa shape index (κ2) is 6.17. The molecule has 0 radical (unpaired) electrons. The molecule has 0 aliphatic heterocycles. The van der Waals surface area contributed by atoms with Crippen molar-refractivity contribution in [1.29, 1.82) is 0 Å². The first-order chi connectivity index (χ1) is 9.66. The molecule has 0 amide bonds. The van der Waals surface area contributed by atoms with Crippen LogP contribution in [0.25, 0.3) is 0 Å². The lowest BCUT2D eigenvalue weighted by molar-refractivity contribution is -0.0582. The van der Waals surface area contributed by atoms with Gasteiger partial charge in [0.1, 0.15) is 0 Å². The average molecular weight is 298 g/mol. The Kier molecular flexibility index (Phi) is 5.07. The first kappa shape index (κ1) is 17.2. The standard InChI is InChI=1S/C18H34O3/c1-12(7-10-16(20)17(2,3)21)13-8-9-14-15(19)6-5-11-18(13,14)4/h12-16,19-21H,5-11H2,1-4H3/t12-,13-,14?,15+,16?,18-/m1/s1. The zero-order valence-corrected chi connectivity index (χ0v) is 14.2. The maximum Gasteiger partial charge on any atom is 0.0849 e. The van der Waals surface area contributed by atoms with Crippen molar-refractivity contribution in [3.05, 3.63) is 0 Å². The third-order valence-electron chi connectivity index (χ3n) is 6.56. The molecule has 0 bridgehead atoms. The SMILES string of the molecule is C[C@H](CCC(O)C(C)(C)O)[C@H]1CCC2[C@@H](O)CCC[C@@]21C. The summed E-state index contributed by atoms with van der Waals surface area (Å²) < 4.78 is 0. The summed E-state index contributed by atoms with van der Waals surface area (Å²) in [5.74, 6) is 1.66. The molecule has 2 aliphatic rings. The van der Waals surface area contributed by atoms with E-state index in [-0.39, 0.29) is 11.5 Å². The molecule has 0 aromatic carbocycles. The quantitative estimate of drug-likeness (QED) is 0.731. The van der Waals surface area contributed by atoms with Crippen LogP contribution in [0.5, 0.6) is 0 Å². The normalized spacial score (nSPS) is 39.9. The summed E-state index contributed by atoms with van der Waals surface area (Å²) >= 11 is 0. The van der Waals surface area contributed by atoms with Crippen molar-refractivity contribution in [2.45, 2.75) is 90.4 Å². The molecule has 0 heterocycles. The average Bonchev–Trinajstić information content (AvgIpc) is 2.73. The van der Waals surface area contributed by atoms with E-state index in [1.807, 2.05) is 0 Å². The number of rotatable bonds is 5. The Morgan fingerprint density at radius 3 is 2.48 bits per heavy atom. The van der Waals surface area contributed by atoms with Gasteiger partial charge in [0.25, 0.3) is 0 Å². The Morgan fingerprint density at radius 1 is 1.19 bits per heavy atom. The molecule has 3 nitrogen and oxygen atoms in total. The van der Waals surface area contributed by atoms with Crippen LogP contribution in [-0.2, 0) is 0 Å². The molecule has 2 unspecified atom stereocenters. The second-order valence-electron chi connectivity index (χ2n) is 8.48. The van der Waals surface area contributed by atoms with Crippen molar-refractivity contribution >= 4 is 0 Å². The molecule has 0 saturated heterocycles. The van der Waals surface area contributed by atoms with Crippen LogP contribution in [0, 0.1) is 23.2 Å². The summed E-state index contributed by atoms with van der Waals surface area (Å²) in [4.78, 5) is 0. The van der Waals surface area contributed by atoms with Gasteiger partial charge < -0.3 is 15.3 Å². The van der Waals surface area contributed by atoms with E-state index in [2.05, 4.69) is 13.8 Å². The number of aliphatic hydroxyl groups excluding tert-OH is 2. The highest BCUT2D eigenvalue weighted by atomic mass is 16.3. The lowest BCUT2D eigenvalue weighted by Gasteiger charge is -2.45. The molecule has 0 spiro atoms. The molecule has 21 heavy (non-hydrogen) atoms. The zero-order chi connectivity index (χ0) is 15.8. The number of aliphatic hydroxyl groups is 3. The first-order valence-corrected chi connectivity index (χ1v) is 8.74. The Balaban J connectivity index is 1.95. The van der Waals surface area contributed by atoms with Crippen LogP contribution in [0.1, 0.15) is 72.6 Å². The molecule has 0 aromatic heterocycles. The van der Waals surface area contributed by atoms with E-state index < -0.39 is 11.7 Å². The van der Waals surface area contributed by atoms with Crippen molar-refractivity contribution < 1.29 is 15.3 Å². The van der Waals surface area contributed by atoms with Crippen molar-refractivity contribution in [1.82, 2.24) is 0 Å². The Morgan fingerprint density at radius 2 is 1.86 bits per heavy atom. The molecular formula is C18H34O3. The van der Waals surface area contributed by atoms with Crippen molar-refractivity contribution in [2.24, 2.45) is 23.2 Å². The summed E-state index contributed by atoms with van der Waals surface area (Å²) in [6.07, 6.45) is 6.56. The third kappa shape index (κ3) is 3.46. The lowest BCUT2D eigenvalue weighted by Crippen LogP contribution is -2.42. The van der Waals surface area contributed by atoms with Crippen LogP contribution >= 0.6 is 0 Å². The van der Waals surface area contributed by atoms with Crippen molar-refractivity contribution in [3.8, 4) is 0 Å². The summed E-state index contributed by atoms with van der Waals surface area (Å²) in [6.45, 7) is 8.01. The molecule has 2 rings (SSSR count). The predicted molar refractivity (Wildman–Crippen MR) is 84.9 cm³/mol. The van der Waals surface area contributed by atoms with Crippen molar-refractivity contribution in [3.63, 3.8) is 0 Å². The van der Waals surface area contributed by atoms with Crippen LogP contribution in [0.2, 0.25) is 0 Å². The van der Waals surface area contributed by atoms with Crippen LogP contribution in [0.3, 0.4) is 0 Å². The number of hydrogen-bond donors (Lipinski definition) is 3. The summed E-state index contributed by atoms with van der Waals surface area (Å²) in [6, 6.07) is 0. The molecule has 3 heteroatoms. The highest BCUT2D eigenvalue weighted by Gasteiger charge is 2.52. The van der Waals surface area contributed by atoms with Gasteiger partial charge in [-0.3, -0.25) is 0 Å². The molecule has 2 aliphatic carbocycles. The Labute approximate surface area is 129 Å². The van der Waals surface area contributed by atoms with Crippen LogP contribution in [0.4, 0.5) is 0 Å². The van der Waals surface area contributed by atoms with Gasteiger partial charge in [0.05, 0.1) is 17.8 Å². The fourth-order valence-electron chi connectivity index (χ4n) is 5.10. The summed E-state index contributed by atoms with van der Waals surface area (Å²) in [5, 5.41) is 30.2. The van der Waals surface area contributed by atoms with E-state index >= 15 is 0 Å². The first-order valence-electron chi connectivity index (χ1n) is 8.74. The molecule has 6 atom stereocenters. The van der Waals surface area contributed by atoms with Gasteiger partial charge in [-0.15, -0.1) is 0 Å². The third-order valence-corrected chi connectivity index (χ3v) is 6.56. The zero-order valence-electron chi connectivity index (χ0n) is 14.2. The van der Waals surface area contributed by atoms with Crippen LogP contribution < -0.4 is 0 Å². The van der Waals surface area contributed by atoms with E-state index in [1.165, 1.54) is 12.8 Å². The molecule has 2 fully saturated rings. The lowest BCUT2D eigenvalue weighted by atomic mass is 9.61. The van der Waals surface area contributed by atoms with E-state index in [0.29, 0.717) is 24.2 Å². The maximum atomic E-state index is 10.3. The van der Waals surface area contributed by atoms with Gasteiger partial charge in [0.15, 0.2) is 0 Å². The minimum Gasteiger partial charge on any atom is -0.393 e. The minimum atomic E-state index is -1.01. The fraction of sp³-hybridized carbons (Fsp3) is 1.00. The van der Waals surface area contributed by atoms with Gasteiger partial charge >= 0.3 is 0 Å². The van der Waals surface area contributed by atoms with Gasteiger partial charge in [0.2, 0.25) is 0 Å². The molecule has 2 saturated carbocycles. The molecular weight excluding hydrogens is 264 g/mol. The highest BCUT2D eigenvalue weighted by Crippen LogP contribution is 2.58. The molecule has 124 valence electrons. The van der Waals surface area contributed by atoms with Gasteiger partial charge in [-0.05, 0) is 75.5 Å². The molecule has 3 N–H and O–H groups in total. The van der Waals surface area contributed by atoms with Crippen molar-refractivity contribution in [2.75, 3.05) is 0 Å². The van der Waals surface area contributed by atoms with Gasteiger partial charge in [-0.25, -0.2) is 0 Å². The maximum absolute atomic E-state index is 10.3.